The Morgan fingerprint density at radius 1 is 0.933 bits per heavy atom. The average molecular weight is 400 g/mol. The summed E-state index contributed by atoms with van der Waals surface area (Å²) < 4.78 is 2.21. The number of likely N-dealkylation sites (N-methyl/N-ethyl adjacent to an activating group) is 2. The van der Waals surface area contributed by atoms with Crippen LogP contribution in [0.5, 0.6) is 0 Å². The zero-order valence-corrected chi connectivity index (χ0v) is 17.9. The molecule has 0 atom stereocenters. The van der Waals surface area contributed by atoms with Crippen molar-refractivity contribution in [2.24, 2.45) is 0 Å². The summed E-state index contributed by atoms with van der Waals surface area (Å²) in [5, 5.41) is 8.68. The van der Waals surface area contributed by atoms with Crippen LogP contribution in [-0.4, -0.2) is 58.8 Å². The summed E-state index contributed by atoms with van der Waals surface area (Å²) >= 11 is 0. The maximum Gasteiger partial charge on any atom is 0.0927 e. The summed E-state index contributed by atoms with van der Waals surface area (Å²) in [5.41, 5.74) is 5.65. The topological polar surface area (TPSA) is 40.1 Å². The first-order chi connectivity index (χ1) is 14.6. The Hall–Kier alpha value is -3.15. The van der Waals surface area contributed by atoms with Crippen LogP contribution in [0, 0.1) is 0 Å². The van der Waals surface area contributed by atoms with Gasteiger partial charge in [0.05, 0.1) is 16.9 Å². The van der Waals surface area contributed by atoms with Crippen LogP contribution in [0.15, 0.2) is 67.0 Å². The fourth-order valence-corrected chi connectivity index (χ4v) is 3.59. The van der Waals surface area contributed by atoms with E-state index in [1.807, 2.05) is 18.2 Å². The third-order valence-electron chi connectivity index (χ3n) is 5.27. The Morgan fingerprint density at radius 2 is 1.73 bits per heavy atom. The number of H-pyrrole nitrogens is 1. The number of nitrogens with zero attached hydrogens (tertiary/aromatic N) is 4. The summed E-state index contributed by atoms with van der Waals surface area (Å²) in [5.74, 6) is 0. The van der Waals surface area contributed by atoms with Gasteiger partial charge in [-0.25, -0.2) is 0 Å². The Kier molecular flexibility index (Phi) is 6.12. The van der Waals surface area contributed by atoms with Crippen molar-refractivity contribution in [3.05, 3.63) is 83.8 Å². The Balaban J connectivity index is 1.53. The highest BCUT2D eigenvalue weighted by Gasteiger charge is 2.07. The molecular weight excluding hydrogens is 370 g/mol. The van der Waals surface area contributed by atoms with E-state index in [9.17, 15) is 0 Å². The maximum atomic E-state index is 4.45. The molecule has 1 N–H and O–H groups in total. The zero-order valence-electron chi connectivity index (χ0n) is 17.9. The van der Waals surface area contributed by atoms with Crippen molar-refractivity contribution < 1.29 is 0 Å². The van der Waals surface area contributed by atoms with E-state index in [1.54, 1.807) is 0 Å². The second kappa shape index (κ2) is 9.11. The highest BCUT2D eigenvalue weighted by atomic mass is 15.1. The summed E-state index contributed by atoms with van der Waals surface area (Å²) in [6, 6.07) is 18.9. The molecule has 0 saturated carbocycles. The van der Waals surface area contributed by atoms with Crippen molar-refractivity contribution in [3.63, 3.8) is 0 Å². The van der Waals surface area contributed by atoms with Gasteiger partial charge in [0.1, 0.15) is 0 Å². The molecule has 4 aromatic rings. The number of aromatic amines is 1. The fraction of sp³-hybridized carbons (Fsp3) is 0.240. The van der Waals surface area contributed by atoms with E-state index in [0.29, 0.717) is 0 Å². The van der Waals surface area contributed by atoms with Crippen LogP contribution >= 0.6 is 0 Å². The van der Waals surface area contributed by atoms with E-state index in [2.05, 4.69) is 107 Å². The summed E-state index contributed by atoms with van der Waals surface area (Å²) in [4.78, 5) is 4.57. The molecule has 5 nitrogen and oxygen atoms in total. The van der Waals surface area contributed by atoms with Gasteiger partial charge in [0, 0.05) is 37.4 Å². The molecule has 0 saturated heterocycles. The van der Waals surface area contributed by atoms with Crippen LogP contribution in [-0.2, 0) is 6.54 Å². The van der Waals surface area contributed by atoms with E-state index < -0.39 is 0 Å². The number of nitrogens with one attached hydrogen (secondary N) is 1. The zero-order chi connectivity index (χ0) is 20.9. The molecule has 0 unspecified atom stereocenters. The van der Waals surface area contributed by atoms with Gasteiger partial charge >= 0.3 is 0 Å². The lowest BCUT2D eigenvalue weighted by Crippen LogP contribution is -2.28. The number of hydrogen-bond acceptors (Lipinski definition) is 3. The molecule has 0 aliphatic carbocycles. The minimum absolute atomic E-state index is 0.943. The molecule has 154 valence electrons. The van der Waals surface area contributed by atoms with E-state index >= 15 is 0 Å². The van der Waals surface area contributed by atoms with Crippen molar-refractivity contribution in [1.29, 1.82) is 0 Å². The first kappa shape index (κ1) is 20.1. The normalized spacial score (nSPS) is 12.0. The molecule has 0 spiro atoms. The molecule has 0 fully saturated rings. The standard InChI is InChI=1S/C25H29N5/c1-28(2)16-17-29(3)18-20-14-15-30(19-20)25-11-7-4-8-21(25)12-13-24-22-9-5-6-10-23(22)26-27-24/h4-15,19H,16-18H2,1-3H3,(H,26,27)/b13-12+. The van der Waals surface area contributed by atoms with Gasteiger partial charge in [-0.1, -0.05) is 42.5 Å². The van der Waals surface area contributed by atoms with Crippen LogP contribution in [0.4, 0.5) is 0 Å². The van der Waals surface area contributed by atoms with Crippen molar-refractivity contribution in [1.82, 2.24) is 24.6 Å². The number of hydrogen-bond donors (Lipinski definition) is 1. The first-order valence-corrected chi connectivity index (χ1v) is 10.3. The third kappa shape index (κ3) is 4.70. The molecule has 2 aromatic heterocycles. The van der Waals surface area contributed by atoms with Crippen molar-refractivity contribution >= 4 is 23.1 Å². The highest BCUT2D eigenvalue weighted by molar-refractivity contribution is 5.89. The van der Waals surface area contributed by atoms with Crippen LogP contribution in [0.3, 0.4) is 0 Å². The van der Waals surface area contributed by atoms with Crippen LogP contribution < -0.4 is 0 Å². The minimum Gasteiger partial charge on any atom is -0.323 e. The van der Waals surface area contributed by atoms with Gasteiger partial charge in [0.25, 0.3) is 0 Å². The molecule has 4 rings (SSSR count). The van der Waals surface area contributed by atoms with E-state index in [4.69, 9.17) is 0 Å². The number of benzene rings is 2. The lowest BCUT2D eigenvalue weighted by molar-refractivity contribution is 0.276. The SMILES string of the molecule is CN(C)CCN(C)Cc1ccn(-c2ccccc2/C=C/c2n[nH]c3ccccc23)c1. The van der Waals surface area contributed by atoms with Gasteiger partial charge in [-0.05, 0) is 56.5 Å². The second-order valence-electron chi connectivity index (χ2n) is 8.01. The largest absolute Gasteiger partial charge is 0.323 e. The minimum atomic E-state index is 0.943. The van der Waals surface area contributed by atoms with Crippen molar-refractivity contribution in [2.45, 2.75) is 6.54 Å². The molecule has 5 heteroatoms. The molecule has 0 amide bonds. The number of fused-ring (bicyclic) bond motifs is 1. The summed E-state index contributed by atoms with van der Waals surface area (Å²) in [7, 11) is 6.40. The molecule has 0 aliphatic rings. The predicted molar refractivity (Wildman–Crippen MR) is 126 cm³/mol. The Morgan fingerprint density at radius 3 is 2.60 bits per heavy atom. The molecule has 0 bridgehead atoms. The van der Waals surface area contributed by atoms with Crippen molar-refractivity contribution in [3.8, 4) is 5.69 Å². The molecule has 0 aliphatic heterocycles. The van der Waals surface area contributed by atoms with E-state index in [0.717, 1.165) is 47.5 Å². The highest BCUT2D eigenvalue weighted by Crippen LogP contribution is 2.21. The van der Waals surface area contributed by atoms with Gasteiger partial charge < -0.3 is 14.4 Å². The summed E-state index contributed by atoms with van der Waals surface area (Å²) in [6.45, 7) is 3.06. The molecule has 2 aromatic carbocycles. The van der Waals surface area contributed by atoms with Crippen molar-refractivity contribution in [2.75, 3.05) is 34.2 Å². The van der Waals surface area contributed by atoms with Crippen LogP contribution in [0.25, 0.3) is 28.7 Å². The molecule has 2 heterocycles. The molecular formula is C25H29N5. The number of aromatic nitrogens is 3. The quantitative estimate of drug-likeness (QED) is 0.474. The van der Waals surface area contributed by atoms with E-state index in [-0.39, 0.29) is 0 Å². The van der Waals surface area contributed by atoms with Gasteiger partial charge in [0.2, 0.25) is 0 Å². The van der Waals surface area contributed by atoms with Gasteiger partial charge in [-0.3, -0.25) is 5.10 Å². The monoisotopic (exact) mass is 399 g/mol. The summed E-state index contributed by atoms with van der Waals surface area (Å²) in [6.07, 6.45) is 8.59. The Bertz CT molecular complexity index is 1140. The van der Waals surface area contributed by atoms with E-state index in [1.165, 1.54) is 5.56 Å². The van der Waals surface area contributed by atoms with Gasteiger partial charge in [0.15, 0.2) is 0 Å². The lowest BCUT2D eigenvalue weighted by Gasteiger charge is -2.18. The van der Waals surface area contributed by atoms with Crippen LogP contribution in [0.1, 0.15) is 16.8 Å². The fourth-order valence-electron chi connectivity index (χ4n) is 3.59. The lowest BCUT2D eigenvalue weighted by atomic mass is 10.1. The second-order valence-corrected chi connectivity index (χ2v) is 8.01. The number of rotatable bonds is 8. The molecule has 30 heavy (non-hydrogen) atoms. The predicted octanol–water partition coefficient (Wildman–Crippen LogP) is 4.52. The van der Waals surface area contributed by atoms with Gasteiger partial charge in [-0.2, -0.15) is 5.10 Å². The maximum absolute atomic E-state index is 4.45. The first-order valence-electron chi connectivity index (χ1n) is 10.3. The smallest absolute Gasteiger partial charge is 0.0927 e. The van der Waals surface area contributed by atoms with Crippen LogP contribution in [0.2, 0.25) is 0 Å². The van der Waals surface area contributed by atoms with Gasteiger partial charge in [-0.15, -0.1) is 0 Å². The molecule has 0 radical (unpaired) electrons. The number of para-hydroxylation sites is 2. The third-order valence-corrected chi connectivity index (χ3v) is 5.27. The average Bonchev–Trinajstić information content (AvgIpc) is 3.38. The Labute approximate surface area is 178 Å².